The monoisotopic (exact) mass is 476 g/mol. The summed E-state index contributed by atoms with van der Waals surface area (Å²) in [5.41, 5.74) is 0.344. The lowest BCUT2D eigenvalue weighted by atomic mass is 9.83. The van der Waals surface area contributed by atoms with Gasteiger partial charge in [-0.3, -0.25) is 4.79 Å². The van der Waals surface area contributed by atoms with Gasteiger partial charge in [-0.1, -0.05) is 18.2 Å². The summed E-state index contributed by atoms with van der Waals surface area (Å²) in [6.07, 6.45) is 0.456. The van der Waals surface area contributed by atoms with Crippen molar-refractivity contribution in [3.63, 3.8) is 0 Å². The first-order valence-electron chi connectivity index (χ1n) is 10.2. The quantitative estimate of drug-likeness (QED) is 0.643. The minimum Gasteiger partial charge on any atom is -0.497 e. The van der Waals surface area contributed by atoms with Gasteiger partial charge in [0.05, 0.1) is 12.7 Å². The van der Waals surface area contributed by atoms with Crippen LogP contribution in [0.25, 0.3) is 0 Å². The molecule has 2 aromatic rings. The molecule has 3 heterocycles. The van der Waals surface area contributed by atoms with E-state index in [1.54, 1.807) is 43.7 Å². The van der Waals surface area contributed by atoms with Crippen molar-refractivity contribution in [2.75, 3.05) is 20.2 Å². The van der Waals surface area contributed by atoms with Crippen LogP contribution in [0.2, 0.25) is 0 Å². The Labute approximate surface area is 190 Å². The Kier molecular flexibility index (Phi) is 6.11. The van der Waals surface area contributed by atoms with Crippen LogP contribution in [0.1, 0.15) is 25.3 Å². The highest BCUT2D eigenvalue weighted by Crippen LogP contribution is 2.42. The molecule has 0 atom stereocenters. The van der Waals surface area contributed by atoms with Crippen molar-refractivity contribution in [2.45, 2.75) is 36.1 Å². The zero-order valence-electron chi connectivity index (χ0n) is 17.8. The minimum atomic E-state index is -3.60. The van der Waals surface area contributed by atoms with E-state index in [4.69, 9.17) is 9.47 Å². The second kappa shape index (κ2) is 8.68. The van der Waals surface area contributed by atoms with Crippen molar-refractivity contribution in [3.05, 3.63) is 58.5 Å². The summed E-state index contributed by atoms with van der Waals surface area (Å²) in [4.78, 5) is 25.4. The summed E-state index contributed by atoms with van der Waals surface area (Å²) in [6.45, 7) is 2.18. The number of amides is 1. The molecule has 1 fully saturated rings. The van der Waals surface area contributed by atoms with Gasteiger partial charge in [-0.05, 0) is 36.1 Å². The van der Waals surface area contributed by atoms with E-state index in [-0.39, 0.29) is 48.2 Å². The average Bonchev–Trinajstić information content (AvgIpc) is 3.41. The molecule has 1 aromatic carbocycles. The van der Waals surface area contributed by atoms with Crippen molar-refractivity contribution >= 4 is 33.2 Å². The molecule has 1 spiro atoms. The van der Waals surface area contributed by atoms with E-state index < -0.39 is 21.6 Å². The predicted molar refractivity (Wildman–Crippen MR) is 119 cm³/mol. The van der Waals surface area contributed by atoms with Crippen LogP contribution in [-0.4, -0.2) is 50.4 Å². The van der Waals surface area contributed by atoms with E-state index in [1.807, 2.05) is 12.1 Å². The number of sulfonamides is 1. The van der Waals surface area contributed by atoms with Crippen LogP contribution in [0.15, 0.2) is 57.1 Å². The van der Waals surface area contributed by atoms with Crippen molar-refractivity contribution in [2.24, 2.45) is 0 Å². The molecular weight excluding hydrogens is 452 g/mol. The third-order valence-corrected chi connectivity index (χ3v) is 9.16. The number of hydrogen-bond donors (Lipinski definition) is 1. The lowest BCUT2D eigenvalue weighted by Gasteiger charge is -2.38. The van der Waals surface area contributed by atoms with Crippen molar-refractivity contribution in [1.29, 1.82) is 0 Å². The first-order chi connectivity index (χ1) is 15.3. The topological polar surface area (TPSA) is 102 Å². The number of esters is 1. The van der Waals surface area contributed by atoms with Gasteiger partial charge < -0.3 is 14.8 Å². The number of rotatable bonds is 6. The highest BCUT2D eigenvalue weighted by Gasteiger charge is 2.52. The van der Waals surface area contributed by atoms with Gasteiger partial charge in [-0.25, -0.2) is 13.2 Å². The Hall–Kier alpha value is -2.69. The Bertz CT molecular complexity index is 1150. The fraction of sp³-hybridized carbons (Fsp3) is 0.364. The second-order valence-corrected chi connectivity index (χ2v) is 10.9. The fourth-order valence-electron chi connectivity index (χ4n) is 4.12. The van der Waals surface area contributed by atoms with Gasteiger partial charge in [0, 0.05) is 38.0 Å². The number of benzene rings is 1. The molecule has 0 saturated carbocycles. The number of nitrogens with zero attached hydrogens (tertiary/aromatic N) is 1. The first kappa shape index (κ1) is 22.5. The number of methoxy groups -OCH3 is 1. The number of carbonyl (C=O) groups excluding carboxylic acids is 2. The molecule has 0 unspecified atom stereocenters. The molecule has 10 heteroatoms. The third-order valence-electron chi connectivity index (χ3n) is 5.88. The molecule has 8 nitrogen and oxygen atoms in total. The molecule has 0 bridgehead atoms. The number of piperidine rings is 1. The SMILES string of the molecule is COc1ccc(CNC(=O)C2=C(C)C(=O)OC23CCN(S(=O)(=O)c2cccs2)CC3)cc1. The smallest absolute Gasteiger partial charge is 0.335 e. The summed E-state index contributed by atoms with van der Waals surface area (Å²) >= 11 is 1.16. The van der Waals surface area contributed by atoms with Gasteiger partial charge in [0.25, 0.3) is 15.9 Å². The average molecular weight is 477 g/mol. The van der Waals surface area contributed by atoms with Crippen molar-refractivity contribution in [3.8, 4) is 5.75 Å². The summed E-state index contributed by atoms with van der Waals surface area (Å²) in [6, 6.07) is 10.6. The van der Waals surface area contributed by atoms with Crippen LogP contribution in [-0.2, 0) is 30.9 Å². The Morgan fingerprint density at radius 3 is 2.50 bits per heavy atom. The van der Waals surface area contributed by atoms with E-state index in [0.717, 1.165) is 22.6 Å². The molecule has 2 aliphatic heterocycles. The van der Waals surface area contributed by atoms with Crippen LogP contribution in [0.4, 0.5) is 0 Å². The lowest BCUT2D eigenvalue weighted by molar-refractivity contribution is -0.150. The van der Waals surface area contributed by atoms with Gasteiger partial charge in [-0.2, -0.15) is 4.31 Å². The number of thiophene rings is 1. The molecule has 1 aromatic heterocycles. The zero-order chi connectivity index (χ0) is 22.9. The maximum atomic E-state index is 13.1. The molecule has 1 N–H and O–H groups in total. The molecule has 0 aliphatic carbocycles. The lowest BCUT2D eigenvalue weighted by Crippen LogP contribution is -2.50. The molecule has 32 heavy (non-hydrogen) atoms. The van der Waals surface area contributed by atoms with Gasteiger partial charge in [-0.15, -0.1) is 11.3 Å². The summed E-state index contributed by atoms with van der Waals surface area (Å²) in [5.74, 6) is -0.190. The number of nitrogens with one attached hydrogen (secondary N) is 1. The summed E-state index contributed by atoms with van der Waals surface area (Å²) < 4.78 is 38.1. The van der Waals surface area contributed by atoms with E-state index >= 15 is 0 Å². The molecular formula is C22H24N2O6S2. The van der Waals surface area contributed by atoms with Gasteiger partial charge in [0.1, 0.15) is 15.6 Å². The largest absolute Gasteiger partial charge is 0.497 e. The highest BCUT2D eigenvalue weighted by molar-refractivity contribution is 7.91. The maximum absolute atomic E-state index is 13.1. The molecule has 1 saturated heterocycles. The fourth-order valence-corrected chi connectivity index (χ4v) is 6.70. The molecule has 2 aliphatic rings. The molecule has 1 amide bonds. The zero-order valence-corrected chi connectivity index (χ0v) is 19.4. The van der Waals surface area contributed by atoms with Crippen LogP contribution >= 0.6 is 11.3 Å². The highest BCUT2D eigenvalue weighted by atomic mass is 32.2. The van der Waals surface area contributed by atoms with Gasteiger partial charge >= 0.3 is 5.97 Å². The Morgan fingerprint density at radius 2 is 1.91 bits per heavy atom. The van der Waals surface area contributed by atoms with Crippen LogP contribution in [0, 0.1) is 0 Å². The van der Waals surface area contributed by atoms with Crippen molar-refractivity contribution < 1.29 is 27.5 Å². The number of ether oxygens (including phenoxy) is 2. The number of carbonyl (C=O) groups is 2. The van der Waals surface area contributed by atoms with Crippen LogP contribution in [0.5, 0.6) is 5.75 Å². The predicted octanol–water partition coefficient (Wildman–Crippen LogP) is 2.47. The molecule has 170 valence electrons. The third kappa shape index (κ3) is 4.05. The van der Waals surface area contributed by atoms with E-state index in [9.17, 15) is 18.0 Å². The van der Waals surface area contributed by atoms with E-state index in [2.05, 4.69) is 5.32 Å². The maximum Gasteiger partial charge on any atom is 0.335 e. The number of hydrogen-bond acceptors (Lipinski definition) is 7. The first-order valence-corrected chi connectivity index (χ1v) is 12.5. The normalized spacial score (nSPS) is 18.6. The Morgan fingerprint density at radius 1 is 1.22 bits per heavy atom. The van der Waals surface area contributed by atoms with E-state index in [0.29, 0.717) is 5.57 Å². The van der Waals surface area contributed by atoms with Crippen LogP contribution in [0.3, 0.4) is 0 Å². The second-order valence-electron chi connectivity index (χ2n) is 7.75. The minimum absolute atomic E-state index is 0.163. The van der Waals surface area contributed by atoms with Crippen LogP contribution < -0.4 is 10.1 Å². The molecule has 0 radical (unpaired) electrons. The van der Waals surface area contributed by atoms with Crippen molar-refractivity contribution in [1.82, 2.24) is 9.62 Å². The van der Waals surface area contributed by atoms with E-state index in [1.165, 1.54) is 4.31 Å². The van der Waals surface area contributed by atoms with Gasteiger partial charge in [0.15, 0.2) is 0 Å². The standard InChI is InChI=1S/C22H24N2O6S2/c1-15-19(20(25)23-14-16-5-7-17(29-2)8-6-16)22(30-21(15)26)9-11-24(12-10-22)32(27,28)18-4-3-13-31-18/h3-8,13H,9-12,14H2,1-2H3,(H,23,25). The van der Waals surface area contributed by atoms with Gasteiger partial charge in [0.2, 0.25) is 0 Å². The summed E-state index contributed by atoms with van der Waals surface area (Å²) in [7, 11) is -2.01. The Balaban J connectivity index is 1.48. The molecule has 4 rings (SSSR count). The summed E-state index contributed by atoms with van der Waals surface area (Å²) in [5, 5.41) is 4.58.